The highest BCUT2D eigenvalue weighted by atomic mass is 32.2. The summed E-state index contributed by atoms with van der Waals surface area (Å²) in [5, 5.41) is 3.72. The largest absolute Gasteiger partial charge is 0.314 e. The second-order valence-corrected chi connectivity index (χ2v) is 5.77. The van der Waals surface area contributed by atoms with Crippen LogP contribution in [0.15, 0.2) is 0 Å². The van der Waals surface area contributed by atoms with Gasteiger partial charge in [-0.05, 0) is 63.0 Å². The van der Waals surface area contributed by atoms with E-state index in [-0.39, 0.29) is 0 Å². The minimum Gasteiger partial charge on any atom is -0.314 e. The Morgan fingerprint density at radius 2 is 1.87 bits per heavy atom. The van der Waals surface area contributed by atoms with E-state index in [4.69, 9.17) is 0 Å². The van der Waals surface area contributed by atoms with Crippen molar-refractivity contribution in [2.45, 2.75) is 57.9 Å². The molecule has 1 aliphatic rings. The van der Waals surface area contributed by atoms with Crippen LogP contribution in [0.2, 0.25) is 0 Å². The molecule has 0 radical (unpaired) electrons. The van der Waals surface area contributed by atoms with E-state index in [1.807, 2.05) is 11.8 Å². The summed E-state index contributed by atoms with van der Waals surface area (Å²) in [6.07, 6.45) is 12.1. The predicted molar refractivity (Wildman–Crippen MR) is 71.7 cm³/mol. The molecule has 0 aromatic rings. The smallest absolute Gasteiger partial charge is 0.00672 e. The van der Waals surface area contributed by atoms with Crippen molar-refractivity contribution in [3.05, 3.63) is 0 Å². The molecule has 0 bridgehead atoms. The van der Waals surface area contributed by atoms with Gasteiger partial charge in [0, 0.05) is 6.04 Å². The molecule has 0 saturated heterocycles. The van der Waals surface area contributed by atoms with Crippen LogP contribution >= 0.6 is 11.8 Å². The van der Waals surface area contributed by atoms with Gasteiger partial charge in [-0.3, -0.25) is 0 Å². The fourth-order valence-electron chi connectivity index (χ4n) is 2.45. The lowest BCUT2D eigenvalue weighted by atomic mass is 9.84. The van der Waals surface area contributed by atoms with Crippen molar-refractivity contribution < 1.29 is 0 Å². The highest BCUT2D eigenvalue weighted by Gasteiger charge is 2.18. The van der Waals surface area contributed by atoms with Gasteiger partial charge in [0.25, 0.3) is 0 Å². The molecule has 0 amide bonds. The van der Waals surface area contributed by atoms with Crippen molar-refractivity contribution >= 4 is 11.8 Å². The third-order valence-corrected chi connectivity index (χ3v) is 4.33. The van der Waals surface area contributed by atoms with Crippen molar-refractivity contribution in [2.24, 2.45) is 5.92 Å². The predicted octanol–water partition coefficient (Wildman–Crippen LogP) is 3.69. The molecule has 1 rings (SSSR count). The Morgan fingerprint density at radius 1 is 1.13 bits per heavy atom. The first-order chi connectivity index (χ1) is 7.36. The Morgan fingerprint density at radius 3 is 2.47 bits per heavy atom. The zero-order valence-corrected chi connectivity index (χ0v) is 11.2. The van der Waals surface area contributed by atoms with Gasteiger partial charge in [-0.2, -0.15) is 11.8 Å². The lowest BCUT2D eigenvalue weighted by Gasteiger charge is -2.28. The maximum Gasteiger partial charge on any atom is 0.00672 e. The van der Waals surface area contributed by atoms with Crippen LogP contribution in [0.5, 0.6) is 0 Å². The fourth-order valence-corrected chi connectivity index (χ4v) is 2.95. The number of rotatable bonds is 7. The van der Waals surface area contributed by atoms with Gasteiger partial charge in [0.15, 0.2) is 0 Å². The van der Waals surface area contributed by atoms with Crippen LogP contribution in [0.3, 0.4) is 0 Å². The van der Waals surface area contributed by atoms with Gasteiger partial charge < -0.3 is 5.32 Å². The van der Waals surface area contributed by atoms with Crippen LogP contribution in [0, 0.1) is 5.92 Å². The monoisotopic (exact) mass is 229 g/mol. The van der Waals surface area contributed by atoms with Gasteiger partial charge in [-0.1, -0.05) is 13.3 Å². The summed E-state index contributed by atoms with van der Waals surface area (Å²) < 4.78 is 0. The van der Waals surface area contributed by atoms with Crippen molar-refractivity contribution in [3.8, 4) is 0 Å². The molecule has 1 nitrogen and oxygen atoms in total. The topological polar surface area (TPSA) is 12.0 Å². The molecule has 15 heavy (non-hydrogen) atoms. The van der Waals surface area contributed by atoms with Crippen LogP contribution < -0.4 is 5.32 Å². The summed E-state index contributed by atoms with van der Waals surface area (Å²) in [6.45, 7) is 3.57. The Hall–Kier alpha value is 0.310. The molecule has 0 unspecified atom stereocenters. The highest BCUT2D eigenvalue weighted by Crippen LogP contribution is 2.26. The molecule has 1 aliphatic carbocycles. The average Bonchev–Trinajstić information content (AvgIpc) is 2.30. The zero-order chi connectivity index (χ0) is 10.9. The molecule has 2 heteroatoms. The van der Waals surface area contributed by atoms with Crippen molar-refractivity contribution in [1.29, 1.82) is 0 Å². The van der Waals surface area contributed by atoms with Crippen LogP contribution in [-0.4, -0.2) is 24.6 Å². The molecule has 1 fully saturated rings. The lowest BCUT2D eigenvalue weighted by molar-refractivity contribution is 0.286. The van der Waals surface area contributed by atoms with Crippen LogP contribution in [0.25, 0.3) is 0 Å². The Labute approximate surface area is 99.8 Å². The second-order valence-electron chi connectivity index (χ2n) is 4.78. The van der Waals surface area contributed by atoms with Crippen LogP contribution in [-0.2, 0) is 0 Å². The molecule has 0 aromatic carbocycles. The zero-order valence-electron chi connectivity index (χ0n) is 10.4. The van der Waals surface area contributed by atoms with Gasteiger partial charge in [0.2, 0.25) is 0 Å². The minimum absolute atomic E-state index is 0.835. The summed E-state index contributed by atoms with van der Waals surface area (Å²) in [5.41, 5.74) is 0. The van der Waals surface area contributed by atoms with E-state index in [2.05, 4.69) is 18.5 Å². The van der Waals surface area contributed by atoms with Crippen molar-refractivity contribution in [1.82, 2.24) is 5.32 Å². The van der Waals surface area contributed by atoms with Gasteiger partial charge in [0.05, 0.1) is 0 Å². The molecule has 0 atom stereocenters. The normalized spacial score (nSPS) is 26.8. The van der Waals surface area contributed by atoms with Gasteiger partial charge in [-0.25, -0.2) is 0 Å². The highest BCUT2D eigenvalue weighted by molar-refractivity contribution is 7.98. The Bertz CT molecular complexity index is 141. The number of thioether (sulfide) groups is 1. The molecule has 0 aliphatic heterocycles. The van der Waals surface area contributed by atoms with Crippen molar-refractivity contribution in [3.63, 3.8) is 0 Å². The van der Waals surface area contributed by atoms with E-state index in [0.29, 0.717) is 0 Å². The molecular weight excluding hydrogens is 202 g/mol. The van der Waals surface area contributed by atoms with E-state index in [1.165, 1.54) is 57.2 Å². The quantitative estimate of drug-likeness (QED) is 0.668. The first-order valence-electron chi connectivity index (χ1n) is 6.59. The van der Waals surface area contributed by atoms with E-state index in [9.17, 15) is 0 Å². The standard InChI is InChI=1S/C13H27NS/c1-3-12-6-8-13(9-7-12)14-10-4-5-11-15-2/h12-14H,3-11H2,1-2H3. The maximum absolute atomic E-state index is 3.72. The summed E-state index contributed by atoms with van der Waals surface area (Å²) in [4.78, 5) is 0. The summed E-state index contributed by atoms with van der Waals surface area (Å²) in [7, 11) is 0. The minimum atomic E-state index is 0.835. The number of unbranched alkanes of at least 4 members (excludes halogenated alkanes) is 1. The lowest BCUT2D eigenvalue weighted by Crippen LogP contribution is -2.33. The summed E-state index contributed by atoms with van der Waals surface area (Å²) in [5.74, 6) is 2.35. The molecular formula is C13H27NS. The number of hydrogen-bond donors (Lipinski definition) is 1. The molecule has 1 saturated carbocycles. The second kappa shape index (κ2) is 8.46. The third-order valence-electron chi connectivity index (χ3n) is 3.63. The van der Waals surface area contributed by atoms with Gasteiger partial charge >= 0.3 is 0 Å². The first-order valence-corrected chi connectivity index (χ1v) is 7.98. The molecule has 0 heterocycles. The average molecular weight is 229 g/mol. The summed E-state index contributed by atoms with van der Waals surface area (Å²) in [6, 6.07) is 0.835. The SMILES string of the molecule is CCC1CCC(NCCCCSC)CC1. The number of nitrogens with one attached hydrogen (secondary N) is 1. The fraction of sp³-hybridized carbons (Fsp3) is 1.00. The van der Waals surface area contributed by atoms with E-state index >= 15 is 0 Å². The first kappa shape index (κ1) is 13.4. The van der Waals surface area contributed by atoms with E-state index in [0.717, 1.165) is 12.0 Å². The van der Waals surface area contributed by atoms with E-state index < -0.39 is 0 Å². The number of hydrogen-bond acceptors (Lipinski definition) is 2. The van der Waals surface area contributed by atoms with Crippen molar-refractivity contribution in [2.75, 3.05) is 18.6 Å². The molecule has 0 spiro atoms. The molecule has 90 valence electrons. The Kier molecular flexibility index (Phi) is 7.54. The maximum atomic E-state index is 3.72. The third kappa shape index (κ3) is 5.82. The molecule has 0 aromatic heterocycles. The van der Waals surface area contributed by atoms with E-state index in [1.54, 1.807) is 0 Å². The van der Waals surface area contributed by atoms with Gasteiger partial charge in [0.1, 0.15) is 0 Å². The Balaban J connectivity index is 1.94. The summed E-state index contributed by atoms with van der Waals surface area (Å²) >= 11 is 1.96. The van der Waals surface area contributed by atoms with Crippen LogP contribution in [0.1, 0.15) is 51.9 Å². The van der Waals surface area contributed by atoms with Gasteiger partial charge in [-0.15, -0.1) is 0 Å². The van der Waals surface area contributed by atoms with Crippen LogP contribution in [0.4, 0.5) is 0 Å². The molecule has 1 N–H and O–H groups in total.